The first-order valence-electron chi connectivity index (χ1n) is 10.8. The first kappa shape index (κ1) is 10.0. The molecule has 0 N–H and O–H groups in total. The Bertz CT molecular complexity index is 1390. The van der Waals surface area contributed by atoms with Gasteiger partial charge in [0.15, 0.2) is 11.9 Å². The van der Waals surface area contributed by atoms with E-state index in [-0.39, 0.29) is 11.1 Å². The summed E-state index contributed by atoms with van der Waals surface area (Å²) < 4.78 is 54.9. The summed E-state index contributed by atoms with van der Waals surface area (Å²) >= 11 is 0. The van der Waals surface area contributed by atoms with E-state index < -0.39 is 13.7 Å². The number of benzene rings is 2. The molecule has 0 radical (unpaired) electrons. The van der Waals surface area contributed by atoms with Gasteiger partial charge in [0.2, 0.25) is 5.69 Å². The van der Waals surface area contributed by atoms with E-state index in [1.807, 2.05) is 0 Å². The van der Waals surface area contributed by atoms with Gasteiger partial charge < -0.3 is 4.42 Å². The van der Waals surface area contributed by atoms with E-state index in [2.05, 4.69) is 4.85 Å². The van der Waals surface area contributed by atoms with Crippen molar-refractivity contribution in [3.8, 4) is 11.3 Å². The van der Waals surface area contributed by atoms with Crippen LogP contribution in [0.2, 0.25) is 0 Å². The number of aromatic nitrogens is 1. The summed E-state index contributed by atoms with van der Waals surface area (Å²) in [5, 5.41) is 1.01. The van der Waals surface area contributed by atoms with Crippen molar-refractivity contribution < 1.29 is 17.2 Å². The van der Waals surface area contributed by atoms with Crippen molar-refractivity contribution in [3.05, 3.63) is 70.7 Å². The average Bonchev–Trinajstić information content (AvgIpc) is 3.04. The zero-order chi connectivity index (χ0) is 22.7. The molecule has 0 aliphatic carbocycles. The third kappa shape index (κ3) is 2.30. The maximum atomic E-state index is 8.04. The number of hydrogen-bond acceptors (Lipinski definition) is 1. The van der Waals surface area contributed by atoms with Crippen molar-refractivity contribution in [2.24, 2.45) is 7.05 Å². The second kappa shape index (κ2) is 5.46. The van der Waals surface area contributed by atoms with Gasteiger partial charge in [-0.05, 0) is 50.0 Å². The predicted octanol–water partition coefficient (Wildman–Crippen LogP) is 5.55. The lowest BCUT2D eigenvalue weighted by Crippen LogP contribution is -2.31. The maximum Gasteiger partial charge on any atom is 0.216 e. The fourth-order valence-corrected chi connectivity index (χ4v) is 3.32. The lowest BCUT2D eigenvalue weighted by atomic mass is 9.96. The third-order valence-electron chi connectivity index (χ3n) is 4.44. The van der Waals surface area contributed by atoms with Crippen LogP contribution < -0.4 is 4.57 Å². The molecule has 2 aromatic heterocycles. The highest BCUT2D eigenvalue weighted by atomic mass is 16.3. The zero-order valence-corrected chi connectivity index (χ0v) is 13.8. The monoisotopic (exact) mass is 333 g/mol. The van der Waals surface area contributed by atoms with Gasteiger partial charge in [-0.3, -0.25) is 0 Å². The van der Waals surface area contributed by atoms with Gasteiger partial charge in [-0.25, -0.2) is 9.41 Å². The molecule has 122 valence electrons. The topological polar surface area (TPSA) is 21.4 Å². The molecule has 2 heterocycles. The van der Waals surface area contributed by atoms with E-state index in [9.17, 15) is 0 Å². The van der Waals surface area contributed by atoms with Crippen LogP contribution in [0.5, 0.6) is 0 Å². The average molecular weight is 333 g/mol. The van der Waals surface area contributed by atoms with Gasteiger partial charge in [0, 0.05) is 30.6 Å². The summed E-state index contributed by atoms with van der Waals surface area (Å²) in [6.07, 6.45) is 1.55. The van der Waals surface area contributed by atoms with E-state index in [0.29, 0.717) is 44.4 Å². The highest BCUT2D eigenvalue weighted by Crippen LogP contribution is 2.40. The quantitative estimate of drug-likeness (QED) is 0.330. The van der Waals surface area contributed by atoms with Crippen molar-refractivity contribution in [2.45, 2.75) is 20.6 Å². The largest absolute Gasteiger partial charge is 0.455 e. The van der Waals surface area contributed by atoms with Gasteiger partial charge in [-0.15, -0.1) is 0 Å². The summed E-state index contributed by atoms with van der Waals surface area (Å²) in [5.41, 5.74) is 3.72. The number of aryl methyl sites for hydroxylation is 4. The Hall–Kier alpha value is -3.12. The lowest BCUT2D eigenvalue weighted by molar-refractivity contribution is -0.660. The van der Waals surface area contributed by atoms with E-state index >= 15 is 0 Å². The number of rotatable bonds is 1. The van der Waals surface area contributed by atoms with Gasteiger partial charge in [0.1, 0.15) is 18.2 Å². The highest BCUT2D eigenvalue weighted by molar-refractivity contribution is 6.12. The molecule has 0 aliphatic heterocycles. The Morgan fingerprint density at radius 3 is 2.72 bits per heavy atom. The van der Waals surface area contributed by atoms with Crippen LogP contribution >= 0.6 is 0 Å². The molecule has 0 fully saturated rings. The van der Waals surface area contributed by atoms with Crippen molar-refractivity contribution in [3.63, 3.8) is 0 Å². The molecule has 3 nitrogen and oxygen atoms in total. The van der Waals surface area contributed by atoms with Crippen LogP contribution in [0.15, 0.2) is 47.0 Å². The molecular formula is C22H19N2O+. The number of pyridine rings is 1. The molecule has 2 aromatic carbocycles. The molecule has 0 amide bonds. The minimum absolute atomic E-state index is 0.159. The second-order valence-corrected chi connectivity index (χ2v) is 6.13. The Balaban J connectivity index is 2.13. The Morgan fingerprint density at radius 1 is 1.12 bits per heavy atom. The van der Waals surface area contributed by atoms with Gasteiger partial charge in [-0.1, -0.05) is 12.1 Å². The molecule has 0 unspecified atom stereocenters. The van der Waals surface area contributed by atoms with Crippen molar-refractivity contribution in [1.29, 1.82) is 0 Å². The normalized spacial score (nSPS) is 15.7. The summed E-state index contributed by atoms with van der Waals surface area (Å²) in [6, 6.07) is 9.82. The van der Waals surface area contributed by atoms with Crippen molar-refractivity contribution in [2.75, 3.05) is 0 Å². The fraction of sp³-hybridized carbons (Fsp3) is 0.182. The molecule has 4 aromatic rings. The fourth-order valence-electron chi connectivity index (χ4n) is 3.32. The smallest absolute Gasteiger partial charge is 0.216 e. The molecule has 3 heteroatoms. The molecule has 0 spiro atoms. The van der Waals surface area contributed by atoms with Crippen molar-refractivity contribution >= 4 is 27.6 Å². The van der Waals surface area contributed by atoms with Gasteiger partial charge >= 0.3 is 0 Å². The van der Waals surface area contributed by atoms with Crippen LogP contribution in [-0.4, -0.2) is 0 Å². The number of nitrogens with zero attached hydrogens (tertiary/aromatic N) is 2. The molecule has 0 atom stereocenters. The predicted molar refractivity (Wildman–Crippen MR) is 101 cm³/mol. The number of furan rings is 1. The van der Waals surface area contributed by atoms with Crippen LogP contribution in [0.3, 0.4) is 0 Å². The van der Waals surface area contributed by atoms with E-state index in [0.717, 1.165) is 0 Å². The molecule has 0 saturated carbocycles. The van der Waals surface area contributed by atoms with Gasteiger partial charge in [0.05, 0.1) is 12.1 Å². The van der Waals surface area contributed by atoms with E-state index in [1.54, 1.807) is 61.1 Å². The molecule has 0 saturated heterocycles. The van der Waals surface area contributed by atoms with Crippen molar-refractivity contribution in [1.82, 2.24) is 0 Å². The molecule has 25 heavy (non-hydrogen) atoms. The molecule has 0 aliphatic rings. The standard InChI is InChI=1S/C22H19N2O/c1-13-6-8-18(24(5)12-13)21-15(3)10-14(2)20-17-11-16(23-4)7-9-19(17)25-22(20)21/h6-12H,1-3,5H3/q+1/i1D3,2D3. The third-order valence-corrected chi connectivity index (χ3v) is 4.44. The summed E-state index contributed by atoms with van der Waals surface area (Å²) in [4.78, 5) is 3.45. The van der Waals surface area contributed by atoms with E-state index in [4.69, 9.17) is 19.2 Å². The number of hydrogen-bond donors (Lipinski definition) is 0. The first-order valence-corrected chi connectivity index (χ1v) is 7.80. The van der Waals surface area contributed by atoms with Crippen LogP contribution in [-0.2, 0) is 7.05 Å². The maximum absolute atomic E-state index is 8.04. The minimum Gasteiger partial charge on any atom is -0.455 e. The van der Waals surface area contributed by atoms with Crippen LogP contribution in [0.1, 0.15) is 24.9 Å². The Labute approximate surface area is 155 Å². The summed E-state index contributed by atoms with van der Waals surface area (Å²) in [5.74, 6) is 0. The lowest BCUT2D eigenvalue weighted by Gasteiger charge is -2.08. The number of fused-ring (bicyclic) bond motifs is 3. The minimum atomic E-state index is -2.38. The van der Waals surface area contributed by atoms with Gasteiger partial charge in [-0.2, -0.15) is 0 Å². The second-order valence-electron chi connectivity index (χ2n) is 6.13. The SMILES string of the molecule is [2H]C([2H])([2H])c1ccc(-c2c(C)cc(C([2H])([2H])[2H])c3c2oc2ccc([N+]#[C-])cc23)[n+](C)c1. The Kier molecular flexibility index (Phi) is 2.18. The van der Waals surface area contributed by atoms with Gasteiger partial charge in [0.25, 0.3) is 0 Å². The highest BCUT2D eigenvalue weighted by Gasteiger charge is 2.22. The first-order chi connectivity index (χ1) is 14.4. The molecule has 4 rings (SSSR count). The zero-order valence-electron chi connectivity index (χ0n) is 19.8. The summed E-state index contributed by atoms with van der Waals surface area (Å²) in [7, 11) is 1.74. The summed E-state index contributed by atoms with van der Waals surface area (Å²) in [6.45, 7) is 4.50. The van der Waals surface area contributed by atoms with Crippen LogP contribution in [0.4, 0.5) is 5.69 Å². The van der Waals surface area contributed by atoms with Crippen LogP contribution in [0, 0.1) is 27.2 Å². The Morgan fingerprint density at radius 2 is 2.00 bits per heavy atom. The van der Waals surface area contributed by atoms with E-state index in [1.165, 1.54) is 0 Å². The van der Waals surface area contributed by atoms with Crippen LogP contribution in [0.25, 0.3) is 38.0 Å². The molecular weight excluding hydrogens is 308 g/mol. The molecule has 0 bridgehead atoms.